The number of hydrogen-bond donors (Lipinski definition) is 0. The van der Waals surface area contributed by atoms with Crippen molar-refractivity contribution in [3.8, 4) is 0 Å². The van der Waals surface area contributed by atoms with Crippen LogP contribution >= 0.6 is 0 Å². The molecule has 0 aromatic heterocycles. The van der Waals surface area contributed by atoms with E-state index in [1.807, 2.05) is 0 Å². The molecule has 94 valence electrons. The van der Waals surface area contributed by atoms with Gasteiger partial charge >= 0.3 is 5.97 Å². The summed E-state index contributed by atoms with van der Waals surface area (Å²) in [4.78, 5) is 11.3. The first-order valence-corrected chi connectivity index (χ1v) is 5.85. The quantitative estimate of drug-likeness (QED) is 0.734. The minimum atomic E-state index is -0.255. The van der Waals surface area contributed by atoms with Crippen LogP contribution in [0.1, 0.15) is 38.2 Å². The summed E-state index contributed by atoms with van der Waals surface area (Å²) in [7, 11) is 1.39. The highest BCUT2D eigenvalue weighted by molar-refractivity contribution is 5.70. The highest BCUT2D eigenvalue weighted by Gasteiger charge is 2.17. The van der Waals surface area contributed by atoms with E-state index in [1.165, 1.54) is 19.2 Å². The molecule has 0 aliphatic carbocycles. The van der Waals surface area contributed by atoms with Gasteiger partial charge < -0.3 is 4.74 Å². The lowest BCUT2D eigenvalue weighted by Crippen LogP contribution is -2.11. The molecule has 0 N–H and O–H groups in total. The van der Waals surface area contributed by atoms with Crippen molar-refractivity contribution in [2.24, 2.45) is 5.92 Å². The Labute approximate surface area is 102 Å². The molecule has 1 unspecified atom stereocenters. The van der Waals surface area contributed by atoms with Gasteiger partial charge in [0.25, 0.3) is 0 Å². The molecule has 0 aliphatic rings. The summed E-state index contributed by atoms with van der Waals surface area (Å²) < 4.78 is 17.5. The number of rotatable bonds is 5. The second kappa shape index (κ2) is 6.38. The number of esters is 1. The number of ether oxygens (including phenoxy) is 1. The minimum Gasteiger partial charge on any atom is -0.469 e. The number of carbonyl (C=O) groups excluding carboxylic acids is 1. The maximum Gasteiger partial charge on any atom is 0.306 e. The highest BCUT2D eigenvalue weighted by Crippen LogP contribution is 2.27. The van der Waals surface area contributed by atoms with Gasteiger partial charge in [-0.1, -0.05) is 26.0 Å². The Hall–Kier alpha value is -1.38. The van der Waals surface area contributed by atoms with Crippen LogP contribution in [-0.4, -0.2) is 13.1 Å². The summed E-state index contributed by atoms with van der Waals surface area (Å²) in [5.41, 5.74) is 0.991. The number of halogens is 1. The molecule has 1 atom stereocenters. The average Bonchev–Trinajstić information content (AvgIpc) is 2.28. The Morgan fingerprint density at radius 2 is 1.88 bits per heavy atom. The Balaban J connectivity index is 2.81. The van der Waals surface area contributed by atoms with Crippen molar-refractivity contribution in [1.29, 1.82) is 0 Å². The fourth-order valence-electron chi connectivity index (χ4n) is 1.93. The lowest BCUT2D eigenvalue weighted by atomic mass is 9.88. The highest BCUT2D eigenvalue weighted by atomic mass is 19.1. The molecule has 0 bridgehead atoms. The molecule has 1 rings (SSSR count). The molecular formula is C14H19FO2. The van der Waals surface area contributed by atoms with E-state index < -0.39 is 0 Å². The summed E-state index contributed by atoms with van der Waals surface area (Å²) in [6.07, 6.45) is 1.24. The van der Waals surface area contributed by atoms with E-state index in [1.54, 1.807) is 12.1 Å². The maximum absolute atomic E-state index is 12.8. The molecule has 0 fully saturated rings. The van der Waals surface area contributed by atoms with E-state index in [2.05, 4.69) is 13.8 Å². The molecule has 0 spiro atoms. The molecule has 1 aromatic carbocycles. The molecule has 3 heteroatoms. The Morgan fingerprint density at radius 1 is 1.29 bits per heavy atom. The van der Waals surface area contributed by atoms with Gasteiger partial charge in [0.05, 0.1) is 13.5 Å². The predicted molar refractivity (Wildman–Crippen MR) is 65.2 cm³/mol. The van der Waals surface area contributed by atoms with Gasteiger partial charge in [-0.15, -0.1) is 0 Å². The zero-order valence-corrected chi connectivity index (χ0v) is 10.6. The standard InChI is InChI=1S/C14H19FO2/c1-10(2)8-12(9-14(16)17-3)11-4-6-13(15)7-5-11/h4-7,10,12H,8-9H2,1-3H3. The van der Waals surface area contributed by atoms with Crippen LogP contribution in [0.3, 0.4) is 0 Å². The average molecular weight is 238 g/mol. The third-order valence-electron chi connectivity index (χ3n) is 2.74. The fraction of sp³-hybridized carbons (Fsp3) is 0.500. The monoisotopic (exact) mass is 238 g/mol. The Kier molecular flexibility index (Phi) is 5.13. The molecule has 17 heavy (non-hydrogen) atoms. The van der Waals surface area contributed by atoms with Crippen LogP contribution in [-0.2, 0) is 9.53 Å². The van der Waals surface area contributed by atoms with Crippen LogP contribution in [0.15, 0.2) is 24.3 Å². The van der Waals surface area contributed by atoms with Crippen LogP contribution in [0.5, 0.6) is 0 Å². The molecule has 2 nitrogen and oxygen atoms in total. The first-order chi connectivity index (χ1) is 8.02. The molecular weight excluding hydrogens is 219 g/mol. The lowest BCUT2D eigenvalue weighted by molar-refractivity contribution is -0.141. The van der Waals surface area contributed by atoms with Crippen molar-refractivity contribution >= 4 is 5.97 Å². The van der Waals surface area contributed by atoms with Gasteiger partial charge in [-0.3, -0.25) is 4.79 Å². The van der Waals surface area contributed by atoms with Crippen LogP contribution < -0.4 is 0 Å². The van der Waals surface area contributed by atoms with E-state index in [4.69, 9.17) is 4.74 Å². The Bertz CT molecular complexity index is 357. The van der Waals surface area contributed by atoms with Crippen molar-refractivity contribution in [2.75, 3.05) is 7.11 Å². The third kappa shape index (κ3) is 4.55. The largest absolute Gasteiger partial charge is 0.469 e. The molecule has 0 aliphatic heterocycles. The molecule has 0 saturated heterocycles. The number of benzene rings is 1. The second-order valence-electron chi connectivity index (χ2n) is 4.66. The van der Waals surface area contributed by atoms with E-state index in [-0.39, 0.29) is 17.7 Å². The van der Waals surface area contributed by atoms with Gasteiger partial charge in [0.2, 0.25) is 0 Å². The zero-order chi connectivity index (χ0) is 12.8. The summed E-state index contributed by atoms with van der Waals surface area (Å²) in [6.45, 7) is 4.21. The molecule has 0 radical (unpaired) electrons. The Morgan fingerprint density at radius 3 is 2.35 bits per heavy atom. The minimum absolute atomic E-state index is 0.100. The molecule has 1 aromatic rings. The summed E-state index contributed by atoms with van der Waals surface area (Å²) in [5, 5.41) is 0. The number of methoxy groups -OCH3 is 1. The van der Waals surface area contributed by atoms with Gasteiger partial charge in [-0.05, 0) is 36.0 Å². The van der Waals surface area contributed by atoms with Crippen LogP contribution in [0.4, 0.5) is 4.39 Å². The van der Waals surface area contributed by atoms with E-state index in [0.717, 1.165) is 12.0 Å². The SMILES string of the molecule is COC(=O)CC(CC(C)C)c1ccc(F)cc1. The van der Waals surface area contributed by atoms with Crippen molar-refractivity contribution in [1.82, 2.24) is 0 Å². The van der Waals surface area contributed by atoms with E-state index in [0.29, 0.717) is 12.3 Å². The number of carbonyl (C=O) groups is 1. The smallest absolute Gasteiger partial charge is 0.306 e. The summed E-state index contributed by atoms with van der Waals surface area (Å²) in [6, 6.07) is 6.34. The van der Waals surface area contributed by atoms with Crippen LogP contribution in [0.2, 0.25) is 0 Å². The van der Waals surface area contributed by atoms with Gasteiger partial charge in [0.15, 0.2) is 0 Å². The first-order valence-electron chi connectivity index (χ1n) is 5.85. The summed E-state index contributed by atoms with van der Waals surface area (Å²) in [5.74, 6) is 0.104. The maximum atomic E-state index is 12.8. The van der Waals surface area contributed by atoms with E-state index >= 15 is 0 Å². The first kappa shape index (κ1) is 13.7. The second-order valence-corrected chi connectivity index (χ2v) is 4.66. The van der Waals surface area contributed by atoms with Crippen molar-refractivity contribution in [3.05, 3.63) is 35.6 Å². The van der Waals surface area contributed by atoms with Crippen molar-refractivity contribution in [3.63, 3.8) is 0 Å². The van der Waals surface area contributed by atoms with Gasteiger partial charge in [0.1, 0.15) is 5.82 Å². The van der Waals surface area contributed by atoms with Crippen molar-refractivity contribution < 1.29 is 13.9 Å². The molecule has 0 heterocycles. The summed E-state index contributed by atoms with van der Waals surface area (Å²) >= 11 is 0. The van der Waals surface area contributed by atoms with Gasteiger partial charge in [-0.2, -0.15) is 0 Å². The molecule has 0 saturated carbocycles. The van der Waals surface area contributed by atoms with Crippen LogP contribution in [0, 0.1) is 11.7 Å². The van der Waals surface area contributed by atoms with Gasteiger partial charge in [0, 0.05) is 0 Å². The van der Waals surface area contributed by atoms with Crippen molar-refractivity contribution in [2.45, 2.75) is 32.6 Å². The normalized spacial score (nSPS) is 12.5. The lowest BCUT2D eigenvalue weighted by Gasteiger charge is -2.18. The number of hydrogen-bond acceptors (Lipinski definition) is 2. The van der Waals surface area contributed by atoms with Crippen LogP contribution in [0.25, 0.3) is 0 Å². The third-order valence-corrected chi connectivity index (χ3v) is 2.74. The predicted octanol–water partition coefficient (Wildman–Crippen LogP) is 3.52. The fourth-order valence-corrected chi connectivity index (χ4v) is 1.93. The van der Waals surface area contributed by atoms with Gasteiger partial charge in [-0.25, -0.2) is 4.39 Å². The molecule has 0 amide bonds. The zero-order valence-electron chi connectivity index (χ0n) is 10.6. The topological polar surface area (TPSA) is 26.3 Å². The van der Waals surface area contributed by atoms with E-state index in [9.17, 15) is 9.18 Å².